The Morgan fingerprint density at radius 2 is 2.14 bits per heavy atom. The average Bonchev–Trinajstić information content (AvgIpc) is 2.81. The molecule has 2 aromatic rings. The monoisotopic (exact) mass is 300 g/mol. The minimum Gasteiger partial charge on any atom is -0.486 e. The van der Waals surface area contributed by atoms with Crippen molar-refractivity contribution in [2.24, 2.45) is 0 Å². The Hall–Kier alpha value is -2.02. The summed E-state index contributed by atoms with van der Waals surface area (Å²) >= 11 is 0. The molecular weight excluding hydrogens is 285 g/mol. The topological polar surface area (TPSA) is 47.3 Å². The van der Waals surface area contributed by atoms with Gasteiger partial charge < -0.3 is 14.4 Å². The van der Waals surface area contributed by atoms with Crippen LogP contribution in [0, 0.1) is 0 Å². The Morgan fingerprint density at radius 3 is 2.81 bits per heavy atom. The number of alkyl halides is 3. The number of aliphatic hydroxyl groups excluding tert-OH is 1. The molecule has 114 valence electrons. The van der Waals surface area contributed by atoms with E-state index in [1.54, 1.807) is 31.2 Å². The summed E-state index contributed by atoms with van der Waals surface area (Å²) in [5, 5.41) is 9.48. The van der Waals surface area contributed by atoms with Crippen molar-refractivity contribution in [2.45, 2.75) is 32.4 Å². The van der Waals surface area contributed by atoms with Crippen LogP contribution in [0.5, 0.6) is 5.75 Å². The lowest BCUT2D eigenvalue weighted by atomic mass is 10.1. The summed E-state index contributed by atoms with van der Waals surface area (Å²) in [5.41, 5.74) is 0.672. The number of nitrogens with zero attached hydrogens (tertiary/aromatic N) is 2. The molecule has 0 bridgehead atoms. The first-order valence-corrected chi connectivity index (χ1v) is 6.33. The van der Waals surface area contributed by atoms with Gasteiger partial charge in [-0.25, -0.2) is 4.98 Å². The highest BCUT2D eigenvalue weighted by Gasteiger charge is 2.28. The molecule has 1 N–H and O–H groups in total. The standard InChI is InChI=1S/C14H15F3N2O2/c1-10(20)11-3-2-4-12(7-11)21-8-13-18-5-6-19(13)9-14(15,16)17/h2-7,10,20H,8-9H2,1H3/t10-/m1/s1. The second-order valence-corrected chi connectivity index (χ2v) is 4.62. The van der Waals surface area contributed by atoms with Gasteiger partial charge in [-0.1, -0.05) is 12.1 Å². The zero-order valence-electron chi connectivity index (χ0n) is 11.3. The van der Waals surface area contributed by atoms with Crippen molar-refractivity contribution in [3.63, 3.8) is 0 Å². The van der Waals surface area contributed by atoms with Crippen LogP contribution in [-0.4, -0.2) is 20.8 Å². The molecule has 0 saturated carbocycles. The third-order valence-electron chi connectivity index (χ3n) is 2.86. The predicted molar refractivity (Wildman–Crippen MR) is 69.7 cm³/mol. The highest BCUT2D eigenvalue weighted by atomic mass is 19.4. The van der Waals surface area contributed by atoms with Gasteiger partial charge in [-0.15, -0.1) is 0 Å². The van der Waals surface area contributed by atoms with Crippen LogP contribution in [0.4, 0.5) is 13.2 Å². The maximum Gasteiger partial charge on any atom is 0.406 e. The van der Waals surface area contributed by atoms with E-state index in [9.17, 15) is 18.3 Å². The lowest BCUT2D eigenvalue weighted by Crippen LogP contribution is -2.19. The summed E-state index contributed by atoms with van der Waals surface area (Å²) in [4.78, 5) is 3.86. The van der Waals surface area contributed by atoms with E-state index in [-0.39, 0.29) is 12.4 Å². The number of aliphatic hydroxyl groups is 1. The number of benzene rings is 1. The van der Waals surface area contributed by atoms with Crippen LogP contribution in [0.3, 0.4) is 0 Å². The van der Waals surface area contributed by atoms with Crippen LogP contribution >= 0.6 is 0 Å². The van der Waals surface area contributed by atoms with Crippen molar-refractivity contribution < 1.29 is 23.0 Å². The van der Waals surface area contributed by atoms with Crippen molar-refractivity contribution in [1.29, 1.82) is 0 Å². The fraction of sp³-hybridized carbons (Fsp3) is 0.357. The first kappa shape index (κ1) is 15.4. The highest BCUT2D eigenvalue weighted by molar-refractivity contribution is 5.29. The van der Waals surface area contributed by atoms with Crippen LogP contribution < -0.4 is 4.74 Å². The Morgan fingerprint density at radius 1 is 1.38 bits per heavy atom. The number of aromatic nitrogens is 2. The van der Waals surface area contributed by atoms with Crippen molar-refractivity contribution in [3.8, 4) is 5.75 Å². The predicted octanol–water partition coefficient (Wildman–Crippen LogP) is 3.08. The molecule has 0 fully saturated rings. The highest BCUT2D eigenvalue weighted by Crippen LogP contribution is 2.21. The smallest absolute Gasteiger partial charge is 0.406 e. The first-order chi connectivity index (χ1) is 9.85. The molecule has 0 radical (unpaired) electrons. The molecule has 0 amide bonds. The van der Waals surface area contributed by atoms with Crippen molar-refractivity contribution in [2.75, 3.05) is 0 Å². The van der Waals surface area contributed by atoms with Crippen LogP contribution in [0.15, 0.2) is 36.7 Å². The fourth-order valence-corrected chi connectivity index (χ4v) is 1.83. The molecule has 7 heteroatoms. The second kappa shape index (κ2) is 6.17. The van der Waals surface area contributed by atoms with Gasteiger partial charge in [-0.3, -0.25) is 0 Å². The van der Waals surface area contributed by atoms with E-state index < -0.39 is 18.8 Å². The van der Waals surface area contributed by atoms with Gasteiger partial charge in [0.1, 0.15) is 24.7 Å². The van der Waals surface area contributed by atoms with Gasteiger partial charge >= 0.3 is 6.18 Å². The minimum atomic E-state index is -4.30. The summed E-state index contributed by atoms with van der Waals surface area (Å²) in [6, 6.07) is 6.76. The number of imidazole rings is 1. The zero-order valence-corrected chi connectivity index (χ0v) is 11.3. The minimum absolute atomic E-state index is 0.0770. The third-order valence-corrected chi connectivity index (χ3v) is 2.86. The van der Waals surface area contributed by atoms with E-state index in [4.69, 9.17) is 4.74 Å². The van der Waals surface area contributed by atoms with Gasteiger partial charge in [0.2, 0.25) is 0 Å². The molecular formula is C14H15F3N2O2. The lowest BCUT2D eigenvalue weighted by Gasteiger charge is -2.12. The lowest BCUT2D eigenvalue weighted by molar-refractivity contribution is -0.141. The second-order valence-electron chi connectivity index (χ2n) is 4.62. The molecule has 0 aliphatic rings. The normalized spacial score (nSPS) is 13.2. The molecule has 0 unspecified atom stereocenters. The maximum absolute atomic E-state index is 12.4. The molecule has 0 spiro atoms. The van der Waals surface area contributed by atoms with Crippen LogP contribution in [-0.2, 0) is 13.2 Å². The first-order valence-electron chi connectivity index (χ1n) is 6.33. The number of ether oxygens (including phenoxy) is 1. The van der Waals surface area contributed by atoms with Crippen molar-refractivity contribution >= 4 is 0 Å². The SMILES string of the molecule is C[C@@H](O)c1cccc(OCc2nccn2CC(F)(F)F)c1. The van der Waals surface area contributed by atoms with Crippen LogP contribution in [0.1, 0.15) is 24.4 Å². The van der Waals surface area contributed by atoms with E-state index in [1.165, 1.54) is 12.4 Å². The van der Waals surface area contributed by atoms with Crippen LogP contribution in [0.2, 0.25) is 0 Å². The molecule has 1 atom stereocenters. The van der Waals surface area contributed by atoms with E-state index in [0.29, 0.717) is 11.3 Å². The zero-order chi connectivity index (χ0) is 15.5. The summed E-state index contributed by atoms with van der Waals surface area (Å²) in [6.45, 7) is 0.445. The molecule has 21 heavy (non-hydrogen) atoms. The Labute approximate surface area is 119 Å². The van der Waals surface area contributed by atoms with E-state index in [1.807, 2.05) is 0 Å². The number of halogens is 3. The molecule has 0 aliphatic heterocycles. The molecule has 1 aromatic carbocycles. The molecule has 0 aliphatic carbocycles. The largest absolute Gasteiger partial charge is 0.486 e. The Bertz CT molecular complexity index is 594. The summed E-state index contributed by atoms with van der Waals surface area (Å²) in [5.74, 6) is 0.657. The third kappa shape index (κ3) is 4.49. The van der Waals surface area contributed by atoms with Gasteiger partial charge in [-0.05, 0) is 24.6 Å². The van der Waals surface area contributed by atoms with Gasteiger partial charge in [0.05, 0.1) is 6.10 Å². The number of hydrogen-bond acceptors (Lipinski definition) is 3. The number of rotatable bonds is 5. The van der Waals surface area contributed by atoms with Crippen molar-refractivity contribution in [3.05, 3.63) is 48.0 Å². The Kier molecular flexibility index (Phi) is 4.52. The van der Waals surface area contributed by atoms with Crippen LogP contribution in [0.25, 0.3) is 0 Å². The van der Waals surface area contributed by atoms with Gasteiger partial charge in [0.25, 0.3) is 0 Å². The summed E-state index contributed by atoms with van der Waals surface area (Å²) in [6.07, 6.45) is -2.38. The van der Waals surface area contributed by atoms with E-state index in [2.05, 4.69) is 4.98 Å². The quantitative estimate of drug-likeness (QED) is 0.923. The molecule has 1 heterocycles. The summed E-state index contributed by atoms with van der Waals surface area (Å²) < 4.78 is 43.6. The Balaban J connectivity index is 2.04. The molecule has 4 nitrogen and oxygen atoms in total. The van der Waals surface area contributed by atoms with Gasteiger partial charge in [0.15, 0.2) is 0 Å². The van der Waals surface area contributed by atoms with E-state index in [0.717, 1.165) is 4.57 Å². The average molecular weight is 300 g/mol. The van der Waals surface area contributed by atoms with E-state index >= 15 is 0 Å². The molecule has 2 rings (SSSR count). The fourth-order valence-electron chi connectivity index (χ4n) is 1.83. The molecule has 1 aromatic heterocycles. The maximum atomic E-state index is 12.4. The van der Waals surface area contributed by atoms with Crippen molar-refractivity contribution in [1.82, 2.24) is 9.55 Å². The molecule has 0 saturated heterocycles. The summed E-state index contributed by atoms with van der Waals surface area (Å²) in [7, 11) is 0. The number of hydrogen-bond donors (Lipinski definition) is 1. The van der Waals surface area contributed by atoms with Gasteiger partial charge in [-0.2, -0.15) is 13.2 Å². The van der Waals surface area contributed by atoms with Gasteiger partial charge in [0, 0.05) is 12.4 Å².